The quantitative estimate of drug-likeness (QED) is 0.184. The van der Waals surface area contributed by atoms with Crippen LogP contribution in [0, 0.1) is 0 Å². The first kappa shape index (κ1) is 24.8. The highest BCUT2D eigenvalue weighted by Crippen LogP contribution is 2.41. The number of ether oxygens (including phenoxy) is 2. The number of hydrogen-bond donors (Lipinski definition) is 1. The first-order valence-corrected chi connectivity index (χ1v) is 12.5. The molecule has 0 aliphatic rings. The van der Waals surface area contributed by atoms with Crippen molar-refractivity contribution in [3.8, 4) is 33.9 Å². The minimum absolute atomic E-state index is 0.179. The van der Waals surface area contributed by atoms with Gasteiger partial charge in [0.2, 0.25) is 5.91 Å². The number of carbonyl (C=O) groups is 1. The number of benzene rings is 4. The van der Waals surface area contributed by atoms with Gasteiger partial charge in [-0.2, -0.15) is 5.10 Å². The standard InChI is InChI=1S/C32H29N3O3/c1-37-26-17-18-29(38-2)25(21-26)22-33-34-30(36)19-20-35-28-16-10-9-15-27(28)31(23-11-5-3-6-12-23)32(35)24-13-7-4-8-14-24/h3-18,21-22H,19-20H2,1-2H3,(H,34,36)/b33-22+. The molecule has 0 atom stereocenters. The lowest BCUT2D eigenvalue weighted by molar-refractivity contribution is -0.121. The van der Waals surface area contributed by atoms with Crippen LogP contribution in [-0.4, -0.2) is 30.9 Å². The van der Waals surface area contributed by atoms with Gasteiger partial charge in [0.1, 0.15) is 11.5 Å². The van der Waals surface area contributed by atoms with Crippen LogP contribution in [0.25, 0.3) is 33.3 Å². The Morgan fingerprint density at radius 2 is 1.53 bits per heavy atom. The van der Waals surface area contributed by atoms with Crippen LogP contribution in [0.2, 0.25) is 0 Å². The number of methoxy groups -OCH3 is 2. The largest absolute Gasteiger partial charge is 0.497 e. The Morgan fingerprint density at radius 1 is 0.842 bits per heavy atom. The van der Waals surface area contributed by atoms with Crippen molar-refractivity contribution in [2.75, 3.05) is 14.2 Å². The monoisotopic (exact) mass is 503 g/mol. The minimum atomic E-state index is -0.179. The molecule has 0 fully saturated rings. The first-order valence-electron chi connectivity index (χ1n) is 12.5. The Kier molecular flexibility index (Phi) is 7.50. The molecule has 5 rings (SSSR count). The highest BCUT2D eigenvalue weighted by Gasteiger charge is 2.20. The van der Waals surface area contributed by atoms with Gasteiger partial charge in [-0.25, -0.2) is 5.43 Å². The van der Waals surface area contributed by atoms with Crippen molar-refractivity contribution in [3.05, 3.63) is 109 Å². The molecule has 0 spiro atoms. The Morgan fingerprint density at radius 3 is 2.24 bits per heavy atom. The maximum absolute atomic E-state index is 12.9. The van der Waals surface area contributed by atoms with Crippen molar-refractivity contribution in [2.45, 2.75) is 13.0 Å². The molecule has 0 unspecified atom stereocenters. The van der Waals surface area contributed by atoms with Gasteiger partial charge in [-0.05, 0) is 35.4 Å². The van der Waals surface area contributed by atoms with Gasteiger partial charge in [0, 0.05) is 35.0 Å². The fourth-order valence-electron chi connectivity index (χ4n) is 4.71. The van der Waals surface area contributed by atoms with E-state index in [9.17, 15) is 4.79 Å². The smallest absolute Gasteiger partial charge is 0.241 e. The van der Waals surface area contributed by atoms with Gasteiger partial charge in [-0.1, -0.05) is 78.9 Å². The predicted octanol–water partition coefficient (Wildman–Crippen LogP) is 6.53. The van der Waals surface area contributed by atoms with E-state index in [0.29, 0.717) is 23.6 Å². The molecule has 0 radical (unpaired) electrons. The van der Waals surface area contributed by atoms with Crippen molar-refractivity contribution >= 4 is 23.0 Å². The number of aryl methyl sites for hydroxylation is 1. The van der Waals surface area contributed by atoms with E-state index in [2.05, 4.69) is 69.7 Å². The number of fused-ring (bicyclic) bond motifs is 1. The van der Waals surface area contributed by atoms with Crippen LogP contribution in [0.4, 0.5) is 0 Å². The number of aromatic nitrogens is 1. The average molecular weight is 504 g/mol. The molecular weight excluding hydrogens is 474 g/mol. The van der Waals surface area contributed by atoms with E-state index >= 15 is 0 Å². The third-order valence-electron chi connectivity index (χ3n) is 6.47. The van der Waals surface area contributed by atoms with Gasteiger partial charge in [0.25, 0.3) is 0 Å². The molecule has 0 aliphatic carbocycles. The summed E-state index contributed by atoms with van der Waals surface area (Å²) in [6, 6.07) is 34.5. The average Bonchev–Trinajstić information content (AvgIpc) is 3.31. The van der Waals surface area contributed by atoms with E-state index in [1.54, 1.807) is 32.6 Å². The summed E-state index contributed by atoms with van der Waals surface area (Å²) in [5, 5.41) is 5.32. The van der Waals surface area contributed by atoms with E-state index in [0.717, 1.165) is 33.3 Å². The van der Waals surface area contributed by atoms with E-state index in [1.165, 1.54) is 0 Å². The Balaban J connectivity index is 1.44. The minimum Gasteiger partial charge on any atom is -0.497 e. The summed E-state index contributed by atoms with van der Waals surface area (Å²) in [5.41, 5.74) is 8.95. The molecule has 6 nitrogen and oxygen atoms in total. The van der Waals surface area contributed by atoms with Crippen molar-refractivity contribution < 1.29 is 14.3 Å². The first-order chi connectivity index (χ1) is 18.7. The van der Waals surface area contributed by atoms with Crippen LogP contribution in [-0.2, 0) is 11.3 Å². The summed E-state index contributed by atoms with van der Waals surface area (Å²) in [7, 11) is 3.19. The van der Waals surface area contributed by atoms with Crippen molar-refractivity contribution in [1.82, 2.24) is 9.99 Å². The second-order valence-electron chi connectivity index (χ2n) is 8.78. The molecular formula is C32H29N3O3. The summed E-state index contributed by atoms with van der Waals surface area (Å²) < 4.78 is 12.9. The molecule has 0 aliphatic heterocycles. The lowest BCUT2D eigenvalue weighted by atomic mass is 9.98. The number of amides is 1. The van der Waals surface area contributed by atoms with Crippen molar-refractivity contribution in [3.63, 3.8) is 0 Å². The number of nitrogens with zero attached hydrogens (tertiary/aromatic N) is 2. The summed E-state index contributed by atoms with van der Waals surface area (Å²) >= 11 is 0. The number of para-hydroxylation sites is 1. The van der Waals surface area contributed by atoms with Crippen molar-refractivity contribution in [2.24, 2.45) is 5.10 Å². The maximum atomic E-state index is 12.9. The van der Waals surface area contributed by atoms with Crippen LogP contribution in [0.1, 0.15) is 12.0 Å². The van der Waals surface area contributed by atoms with Gasteiger partial charge >= 0.3 is 0 Å². The maximum Gasteiger partial charge on any atom is 0.241 e. The zero-order chi connectivity index (χ0) is 26.3. The fourth-order valence-corrected chi connectivity index (χ4v) is 4.71. The SMILES string of the molecule is COc1ccc(OC)c(/C=N/NC(=O)CCn2c(-c3ccccc3)c(-c3ccccc3)c3ccccc32)c1. The zero-order valence-corrected chi connectivity index (χ0v) is 21.4. The van der Waals surface area contributed by atoms with Crippen LogP contribution < -0.4 is 14.9 Å². The third-order valence-corrected chi connectivity index (χ3v) is 6.47. The molecule has 6 heteroatoms. The number of rotatable bonds is 9. The molecule has 1 aromatic heterocycles. The zero-order valence-electron chi connectivity index (χ0n) is 21.4. The lowest BCUT2D eigenvalue weighted by Gasteiger charge is -2.13. The second kappa shape index (κ2) is 11.5. The number of carbonyl (C=O) groups excluding carboxylic acids is 1. The Labute approximate surface area is 222 Å². The summed E-state index contributed by atoms with van der Waals surface area (Å²) in [6.45, 7) is 0.501. The molecule has 0 bridgehead atoms. The number of nitrogens with one attached hydrogen (secondary N) is 1. The highest BCUT2D eigenvalue weighted by atomic mass is 16.5. The highest BCUT2D eigenvalue weighted by molar-refractivity contribution is 6.04. The summed E-state index contributed by atoms with van der Waals surface area (Å²) in [4.78, 5) is 12.9. The molecule has 1 heterocycles. The van der Waals surface area contributed by atoms with Crippen LogP contribution in [0.5, 0.6) is 11.5 Å². The molecule has 1 amide bonds. The van der Waals surface area contributed by atoms with E-state index in [-0.39, 0.29) is 12.3 Å². The lowest BCUT2D eigenvalue weighted by Crippen LogP contribution is -2.19. The summed E-state index contributed by atoms with van der Waals surface area (Å²) in [6.07, 6.45) is 1.83. The molecule has 190 valence electrons. The molecule has 1 N–H and O–H groups in total. The molecule has 5 aromatic rings. The van der Waals surface area contributed by atoms with Gasteiger partial charge < -0.3 is 14.0 Å². The number of hydrazone groups is 1. The van der Waals surface area contributed by atoms with Gasteiger partial charge in [-0.15, -0.1) is 0 Å². The van der Waals surface area contributed by atoms with Gasteiger partial charge in [0.15, 0.2) is 0 Å². The van der Waals surface area contributed by atoms with E-state index in [1.807, 2.05) is 36.4 Å². The normalized spacial score (nSPS) is 11.1. The van der Waals surface area contributed by atoms with Gasteiger partial charge in [-0.3, -0.25) is 4.79 Å². The van der Waals surface area contributed by atoms with Crippen LogP contribution >= 0.6 is 0 Å². The Bertz CT molecular complexity index is 1570. The summed E-state index contributed by atoms with van der Waals surface area (Å²) in [5.74, 6) is 1.14. The molecule has 38 heavy (non-hydrogen) atoms. The predicted molar refractivity (Wildman–Crippen MR) is 153 cm³/mol. The van der Waals surface area contributed by atoms with Crippen LogP contribution in [0.15, 0.2) is 108 Å². The second-order valence-corrected chi connectivity index (χ2v) is 8.78. The van der Waals surface area contributed by atoms with E-state index < -0.39 is 0 Å². The number of hydrogen-bond acceptors (Lipinski definition) is 4. The molecule has 0 saturated heterocycles. The fraction of sp³-hybridized carbons (Fsp3) is 0.125. The van der Waals surface area contributed by atoms with Crippen LogP contribution in [0.3, 0.4) is 0 Å². The third kappa shape index (κ3) is 5.15. The van der Waals surface area contributed by atoms with Crippen molar-refractivity contribution in [1.29, 1.82) is 0 Å². The van der Waals surface area contributed by atoms with E-state index in [4.69, 9.17) is 9.47 Å². The van der Waals surface area contributed by atoms with Gasteiger partial charge in [0.05, 0.1) is 26.1 Å². The molecule has 0 saturated carbocycles. The molecule has 4 aromatic carbocycles. The Hall–Kier alpha value is -4.84. The topological polar surface area (TPSA) is 64.8 Å².